The second kappa shape index (κ2) is 6.92. The van der Waals surface area contributed by atoms with Crippen molar-refractivity contribution in [3.05, 3.63) is 57.8 Å². The van der Waals surface area contributed by atoms with E-state index in [1.807, 2.05) is 32.0 Å². The van der Waals surface area contributed by atoms with Crippen LogP contribution in [0.25, 0.3) is 0 Å². The molecule has 1 atom stereocenters. The molecule has 0 spiro atoms. The molecule has 2 aromatic carbocycles. The molecule has 0 aromatic heterocycles. The number of anilines is 1. The van der Waals surface area contributed by atoms with E-state index in [1.165, 1.54) is 12.1 Å². The van der Waals surface area contributed by atoms with Gasteiger partial charge >= 0.3 is 0 Å². The molecule has 22 heavy (non-hydrogen) atoms. The van der Waals surface area contributed by atoms with Crippen molar-refractivity contribution in [3.8, 4) is 5.75 Å². The zero-order chi connectivity index (χ0) is 16.3. The van der Waals surface area contributed by atoms with Gasteiger partial charge in [-0.3, -0.25) is 4.79 Å². The Morgan fingerprint density at radius 3 is 2.64 bits per heavy atom. The number of carbonyl (C=O) groups excluding carboxylic acids is 1. The third kappa shape index (κ3) is 4.07. The van der Waals surface area contributed by atoms with Gasteiger partial charge in [-0.15, -0.1) is 0 Å². The fourth-order valence-electron chi connectivity index (χ4n) is 1.90. The highest BCUT2D eigenvalue weighted by Gasteiger charge is 2.17. The van der Waals surface area contributed by atoms with E-state index in [0.717, 1.165) is 11.1 Å². The molecule has 0 aliphatic heterocycles. The molecule has 0 aliphatic rings. The number of hydrogen-bond donors (Lipinski definition) is 1. The summed E-state index contributed by atoms with van der Waals surface area (Å²) in [6, 6.07) is 10.2. The van der Waals surface area contributed by atoms with Crippen molar-refractivity contribution >= 4 is 27.5 Å². The lowest BCUT2D eigenvalue weighted by Gasteiger charge is -2.17. The van der Waals surface area contributed by atoms with Crippen LogP contribution < -0.4 is 10.1 Å². The Kier molecular flexibility index (Phi) is 5.19. The number of rotatable bonds is 4. The molecule has 0 aliphatic carbocycles. The maximum atomic E-state index is 13.7. The average Bonchev–Trinajstić information content (AvgIpc) is 2.45. The van der Waals surface area contributed by atoms with Crippen LogP contribution in [0.3, 0.4) is 0 Å². The molecule has 3 nitrogen and oxygen atoms in total. The molecule has 5 heteroatoms. The monoisotopic (exact) mass is 365 g/mol. The Balaban J connectivity index is 2.07. The summed E-state index contributed by atoms with van der Waals surface area (Å²) in [6.45, 7) is 5.50. The molecule has 1 amide bonds. The number of hydrogen-bond acceptors (Lipinski definition) is 2. The van der Waals surface area contributed by atoms with Crippen LogP contribution in [0.5, 0.6) is 5.75 Å². The number of amides is 1. The number of ether oxygens (including phenoxy) is 1. The van der Waals surface area contributed by atoms with Crippen LogP contribution in [-0.2, 0) is 4.79 Å². The molecule has 116 valence electrons. The summed E-state index contributed by atoms with van der Waals surface area (Å²) in [7, 11) is 0. The van der Waals surface area contributed by atoms with Gasteiger partial charge in [0.2, 0.25) is 0 Å². The van der Waals surface area contributed by atoms with E-state index in [1.54, 1.807) is 13.0 Å². The van der Waals surface area contributed by atoms with Crippen molar-refractivity contribution in [1.82, 2.24) is 0 Å². The van der Waals surface area contributed by atoms with Gasteiger partial charge in [0.25, 0.3) is 5.91 Å². The lowest BCUT2D eigenvalue weighted by atomic mass is 10.1. The summed E-state index contributed by atoms with van der Waals surface area (Å²) in [5.74, 6) is -0.247. The van der Waals surface area contributed by atoms with Gasteiger partial charge in [0.05, 0.1) is 5.69 Å². The van der Waals surface area contributed by atoms with Gasteiger partial charge in [-0.25, -0.2) is 4.39 Å². The fourth-order valence-corrected chi connectivity index (χ4v) is 2.24. The van der Waals surface area contributed by atoms with E-state index in [0.29, 0.717) is 10.2 Å². The smallest absolute Gasteiger partial charge is 0.265 e. The highest BCUT2D eigenvalue weighted by molar-refractivity contribution is 9.10. The minimum atomic E-state index is -0.733. The zero-order valence-electron chi connectivity index (χ0n) is 12.6. The normalized spacial score (nSPS) is 11.9. The van der Waals surface area contributed by atoms with Gasteiger partial charge < -0.3 is 10.1 Å². The van der Waals surface area contributed by atoms with Crippen molar-refractivity contribution in [2.45, 2.75) is 26.9 Å². The van der Waals surface area contributed by atoms with Crippen molar-refractivity contribution in [2.24, 2.45) is 0 Å². The van der Waals surface area contributed by atoms with Crippen LogP contribution in [0.15, 0.2) is 40.9 Å². The third-order valence-corrected chi connectivity index (χ3v) is 3.70. The maximum absolute atomic E-state index is 13.7. The fraction of sp³-hybridized carbons (Fsp3) is 0.235. The van der Waals surface area contributed by atoms with Crippen molar-refractivity contribution < 1.29 is 13.9 Å². The average molecular weight is 366 g/mol. The molecule has 0 radical (unpaired) electrons. The zero-order valence-corrected chi connectivity index (χ0v) is 14.2. The standard InChI is InChI=1S/C17H17BrFNO2/c1-10-4-5-11(2)16(8-10)22-12(3)17(21)20-15-7-6-13(18)9-14(15)19/h4-9,12H,1-3H3,(H,20,21)/t12-/m1/s1. The van der Waals surface area contributed by atoms with Crippen molar-refractivity contribution in [3.63, 3.8) is 0 Å². The Morgan fingerprint density at radius 1 is 1.23 bits per heavy atom. The number of halogens is 2. The Bertz CT molecular complexity index is 703. The predicted molar refractivity (Wildman–Crippen MR) is 88.7 cm³/mol. The molecule has 0 saturated carbocycles. The molecule has 0 bridgehead atoms. The van der Waals surface area contributed by atoms with Gasteiger partial charge in [-0.2, -0.15) is 0 Å². The predicted octanol–water partition coefficient (Wildman–Crippen LogP) is 4.61. The quantitative estimate of drug-likeness (QED) is 0.858. The number of nitrogens with one attached hydrogen (secondary N) is 1. The molecule has 0 saturated heterocycles. The van der Waals surface area contributed by atoms with Gasteiger partial charge in [-0.05, 0) is 56.2 Å². The van der Waals surface area contributed by atoms with Gasteiger partial charge in [0, 0.05) is 4.47 Å². The molecular weight excluding hydrogens is 349 g/mol. The van der Waals surface area contributed by atoms with E-state index in [4.69, 9.17) is 4.74 Å². The van der Waals surface area contributed by atoms with Crippen LogP contribution in [0, 0.1) is 19.7 Å². The Labute approximate surface area is 137 Å². The summed E-state index contributed by atoms with van der Waals surface area (Å²) in [5.41, 5.74) is 2.12. The SMILES string of the molecule is Cc1ccc(C)c(O[C@H](C)C(=O)Nc2ccc(Br)cc2F)c1. The van der Waals surface area contributed by atoms with Crippen LogP contribution in [0.2, 0.25) is 0 Å². The molecule has 2 rings (SSSR count). The van der Waals surface area contributed by atoms with E-state index < -0.39 is 17.8 Å². The summed E-state index contributed by atoms with van der Waals surface area (Å²) in [6.07, 6.45) is -0.733. The minimum absolute atomic E-state index is 0.129. The second-order valence-corrected chi connectivity index (χ2v) is 6.06. The molecular formula is C17H17BrFNO2. The first-order valence-corrected chi connectivity index (χ1v) is 7.66. The lowest BCUT2D eigenvalue weighted by Crippen LogP contribution is -2.30. The third-order valence-electron chi connectivity index (χ3n) is 3.21. The van der Waals surface area contributed by atoms with Crippen LogP contribution in [0.1, 0.15) is 18.1 Å². The topological polar surface area (TPSA) is 38.3 Å². The van der Waals surface area contributed by atoms with Gasteiger partial charge in [0.15, 0.2) is 6.10 Å². The van der Waals surface area contributed by atoms with Crippen LogP contribution in [-0.4, -0.2) is 12.0 Å². The lowest BCUT2D eigenvalue weighted by molar-refractivity contribution is -0.122. The minimum Gasteiger partial charge on any atom is -0.481 e. The van der Waals surface area contributed by atoms with Crippen molar-refractivity contribution in [1.29, 1.82) is 0 Å². The number of benzene rings is 2. The highest BCUT2D eigenvalue weighted by Crippen LogP contribution is 2.22. The highest BCUT2D eigenvalue weighted by atomic mass is 79.9. The van der Waals surface area contributed by atoms with Gasteiger partial charge in [-0.1, -0.05) is 28.1 Å². The van der Waals surface area contributed by atoms with Crippen molar-refractivity contribution in [2.75, 3.05) is 5.32 Å². The maximum Gasteiger partial charge on any atom is 0.265 e. The van der Waals surface area contributed by atoms with E-state index in [9.17, 15) is 9.18 Å². The summed E-state index contributed by atoms with van der Waals surface area (Å²) >= 11 is 3.17. The first-order chi connectivity index (χ1) is 10.4. The Hall–Kier alpha value is -1.88. The molecule has 1 N–H and O–H groups in total. The summed E-state index contributed by atoms with van der Waals surface area (Å²) < 4.78 is 20.0. The first kappa shape index (κ1) is 16.5. The van der Waals surface area contributed by atoms with E-state index in [-0.39, 0.29) is 5.69 Å². The van der Waals surface area contributed by atoms with Crippen LogP contribution >= 0.6 is 15.9 Å². The molecule has 2 aromatic rings. The first-order valence-electron chi connectivity index (χ1n) is 6.86. The van der Waals surface area contributed by atoms with E-state index >= 15 is 0 Å². The Morgan fingerprint density at radius 2 is 1.95 bits per heavy atom. The molecule has 0 unspecified atom stereocenters. The largest absolute Gasteiger partial charge is 0.481 e. The second-order valence-electron chi connectivity index (χ2n) is 5.14. The van der Waals surface area contributed by atoms with Crippen LogP contribution in [0.4, 0.5) is 10.1 Å². The molecule has 0 fully saturated rings. The van der Waals surface area contributed by atoms with E-state index in [2.05, 4.69) is 21.2 Å². The molecule has 0 heterocycles. The summed E-state index contributed by atoms with van der Waals surface area (Å²) in [4.78, 5) is 12.1. The van der Waals surface area contributed by atoms with Gasteiger partial charge in [0.1, 0.15) is 11.6 Å². The summed E-state index contributed by atoms with van der Waals surface area (Å²) in [5, 5.41) is 2.53. The number of aryl methyl sites for hydroxylation is 2. The number of carbonyl (C=O) groups is 1.